The lowest BCUT2D eigenvalue weighted by atomic mass is 10.1. The maximum absolute atomic E-state index is 12.7. The standard InChI is InChI=1S/C27H30N8O2/c1-4-18(3)27(37)33-12-10-21(15-33)35-22-14-29-16-34(28)25(22)24(32-35)19-5-7-20(8-6-19)26(36)31-23-13-17(2)9-11-30-23/h4-9,11,13-14,16,21,32H,10,12,15,28H2,1-3H3,(H,30,31,36)/t21-/m1/s1. The molecule has 3 aliphatic rings. The van der Waals surface area contributed by atoms with Gasteiger partial charge in [-0.1, -0.05) is 18.2 Å². The summed E-state index contributed by atoms with van der Waals surface area (Å²) in [7, 11) is 0. The second-order valence-corrected chi connectivity index (χ2v) is 9.31. The third kappa shape index (κ3) is 4.70. The first kappa shape index (κ1) is 24.3. The highest BCUT2D eigenvalue weighted by Crippen LogP contribution is 2.36. The molecule has 0 bridgehead atoms. The monoisotopic (exact) mass is 498 g/mol. The topological polar surface area (TPSA) is 119 Å². The predicted molar refractivity (Wildman–Crippen MR) is 142 cm³/mol. The highest BCUT2D eigenvalue weighted by Gasteiger charge is 2.39. The van der Waals surface area contributed by atoms with E-state index in [1.165, 1.54) is 5.01 Å². The summed E-state index contributed by atoms with van der Waals surface area (Å²) in [6, 6.07) is 11.1. The van der Waals surface area contributed by atoms with E-state index in [2.05, 4.69) is 20.7 Å². The predicted octanol–water partition coefficient (Wildman–Crippen LogP) is 2.76. The molecule has 0 radical (unpaired) electrons. The van der Waals surface area contributed by atoms with Gasteiger partial charge in [-0.2, -0.15) is 0 Å². The Balaban J connectivity index is 1.35. The molecule has 1 aromatic heterocycles. The molecule has 4 heterocycles. The maximum atomic E-state index is 12.7. The van der Waals surface area contributed by atoms with Crippen LogP contribution in [0.4, 0.5) is 5.82 Å². The molecule has 0 aliphatic carbocycles. The van der Waals surface area contributed by atoms with Crippen molar-refractivity contribution in [3.63, 3.8) is 0 Å². The van der Waals surface area contributed by atoms with E-state index in [-0.39, 0.29) is 17.9 Å². The van der Waals surface area contributed by atoms with Crippen LogP contribution in [0.3, 0.4) is 0 Å². The highest BCUT2D eigenvalue weighted by atomic mass is 16.2. The van der Waals surface area contributed by atoms with Crippen molar-refractivity contribution in [3.8, 4) is 0 Å². The SMILES string of the molecule is CC=C(C)C(=O)N1CC[C@@H](N2NC(c3ccc(C(=O)Nc4cc(C)ccn4)cc3)=C3C2=CN=CN3N)C1. The number of carbonyl (C=O) groups excluding carboxylic acids is 2. The number of likely N-dealkylation sites (tertiary alicyclic amines) is 1. The Hall–Kier alpha value is -4.44. The summed E-state index contributed by atoms with van der Waals surface area (Å²) in [6.07, 6.45) is 7.65. The van der Waals surface area contributed by atoms with E-state index < -0.39 is 0 Å². The number of nitrogens with zero attached hydrogens (tertiary/aromatic N) is 5. The minimum atomic E-state index is -0.235. The minimum absolute atomic E-state index is 0.0564. The molecular formula is C27H30N8O2. The Bertz CT molecular complexity index is 1360. The number of pyridine rings is 1. The molecule has 1 fully saturated rings. The van der Waals surface area contributed by atoms with E-state index in [4.69, 9.17) is 5.84 Å². The Labute approximate surface area is 215 Å². The molecule has 1 saturated heterocycles. The van der Waals surface area contributed by atoms with Crippen molar-refractivity contribution in [1.29, 1.82) is 0 Å². The number of nitrogens with two attached hydrogens (primary N) is 1. The number of aryl methyl sites for hydroxylation is 1. The van der Waals surface area contributed by atoms with Crippen molar-refractivity contribution in [2.24, 2.45) is 10.8 Å². The van der Waals surface area contributed by atoms with Crippen molar-refractivity contribution >= 4 is 29.7 Å². The van der Waals surface area contributed by atoms with E-state index in [9.17, 15) is 9.59 Å². The molecule has 2 aromatic rings. The number of benzene rings is 1. The quantitative estimate of drug-likeness (QED) is 0.428. The molecular weight excluding hydrogens is 468 g/mol. The Morgan fingerprint density at radius 3 is 2.73 bits per heavy atom. The minimum Gasteiger partial charge on any atom is -0.337 e. The van der Waals surface area contributed by atoms with Crippen molar-refractivity contribution < 1.29 is 9.59 Å². The highest BCUT2D eigenvalue weighted by molar-refractivity contribution is 6.04. The van der Waals surface area contributed by atoms with Gasteiger partial charge in [0.15, 0.2) is 0 Å². The number of allylic oxidation sites excluding steroid dienone is 1. The van der Waals surface area contributed by atoms with Crippen LogP contribution in [0.2, 0.25) is 0 Å². The van der Waals surface area contributed by atoms with Gasteiger partial charge in [0.1, 0.15) is 23.6 Å². The van der Waals surface area contributed by atoms with Gasteiger partial charge in [-0.25, -0.2) is 15.8 Å². The lowest BCUT2D eigenvalue weighted by Gasteiger charge is -2.30. The van der Waals surface area contributed by atoms with Gasteiger partial charge in [0, 0.05) is 36.0 Å². The fourth-order valence-electron chi connectivity index (χ4n) is 4.67. The number of nitrogens with one attached hydrogen (secondary N) is 2. The number of fused-ring (bicyclic) bond motifs is 1. The van der Waals surface area contributed by atoms with Crippen LogP contribution in [-0.2, 0) is 4.79 Å². The third-order valence-corrected chi connectivity index (χ3v) is 6.80. The summed E-state index contributed by atoms with van der Waals surface area (Å²) < 4.78 is 0. The van der Waals surface area contributed by atoms with Crippen LogP contribution >= 0.6 is 0 Å². The summed E-state index contributed by atoms with van der Waals surface area (Å²) >= 11 is 0. The molecule has 37 heavy (non-hydrogen) atoms. The van der Waals surface area contributed by atoms with Crippen molar-refractivity contribution in [3.05, 3.63) is 88.5 Å². The number of hydrazine groups is 2. The zero-order valence-corrected chi connectivity index (χ0v) is 21.1. The van der Waals surface area contributed by atoms with Gasteiger partial charge in [0.2, 0.25) is 5.91 Å². The molecule has 4 N–H and O–H groups in total. The van der Waals surface area contributed by atoms with E-state index in [0.29, 0.717) is 24.5 Å². The molecule has 3 aliphatic heterocycles. The molecule has 0 saturated carbocycles. The van der Waals surface area contributed by atoms with Crippen LogP contribution in [0.1, 0.15) is 41.8 Å². The number of amides is 2. The molecule has 0 unspecified atom stereocenters. The van der Waals surface area contributed by atoms with Crippen molar-refractivity contribution in [2.75, 3.05) is 18.4 Å². The summed E-state index contributed by atoms with van der Waals surface area (Å²) in [5, 5.41) is 6.37. The molecule has 5 rings (SSSR count). The lowest BCUT2D eigenvalue weighted by Crippen LogP contribution is -2.43. The van der Waals surface area contributed by atoms with E-state index in [1.54, 1.807) is 30.9 Å². The molecule has 10 heteroatoms. The van der Waals surface area contributed by atoms with E-state index in [1.807, 2.05) is 61.0 Å². The van der Waals surface area contributed by atoms with Crippen molar-refractivity contribution in [1.82, 2.24) is 25.3 Å². The Morgan fingerprint density at radius 2 is 2.00 bits per heavy atom. The van der Waals surface area contributed by atoms with Crippen LogP contribution in [0.15, 0.2) is 76.8 Å². The zero-order valence-electron chi connectivity index (χ0n) is 21.1. The maximum Gasteiger partial charge on any atom is 0.256 e. The molecule has 190 valence electrons. The molecule has 0 spiro atoms. The smallest absolute Gasteiger partial charge is 0.256 e. The van der Waals surface area contributed by atoms with Crippen LogP contribution in [0.5, 0.6) is 0 Å². The first-order chi connectivity index (χ1) is 17.9. The zero-order chi connectivity index (χ0) is 26.1. The molecule has 2 amide bonds. The van der Waals surface area contributed by atoms with Crippen LogP contribution in [-0.4, -0.2) is 57.2 Å². The molecule has 1 atom stereocenters. The van der Waals surface area contributed by atoms with Crippen LogP contribution in [0.25, 0.3) is 5.70 Å². The Morgan fingerprint density at radius 1 is 1.22 bits per heavy atom. The average Bonchev–Trinajstić information content (AvgIpc) is 3.54. The Kier molecular flexibility index (Phi) is 6.49. The number of hydrogen-bond donors (Lipinski definition) is 3. The number of carbonyl (C=O) groups is 2. The summed E-state index contributed by atoms with van der Waals surface area (Å²) in [5.41, 5.74) is 9.08. The normalized spacial score (nSPS) is 19.1. The second-order valence-electron chi connectivity index (χ2n) is 9.31. The van der Waals surface area contributed by atoms with Gasteiger partial charge >= 0.3 is 0 Å². The first-order valence-corrected chi connectivity index (χ1v) is 12.2. The summed E-state index contributed by atoms with van der Waals surface area (Å²) in [4.78, 5) is 35.8. The first-order valence-electron chi connectivity index (χ1n) is 12.2. The summed E-state index contributed by atoms with van der Waals surface area (Å²) in [6.45, 7) is 6.94. The van der Waals surface area contributed by atoms with Gasteiger partial charge in [-0.3, -0.25) is 25.0 Å². The summed E-state index contributed by atoms with van der Waals surface area (Å²) in [5.74, 6) is 6.63. The third-order valence-electron chi connectivity index (χ3n) is 6.80. The number of aromatic nitrogens is 1. The van der Waals surface area contributed by atoms with Gasteiger partial charge in [0.05, 0.1) is 17.9 Å². The van der Waals surface area contributed by atoms with Gasteiger partial charge < -0.3 is 10.2 Å². The molecule has 1 aromatic carbocycles. The lowest BCUT2D eigenvalue weighted by molar-refractivity contribution is -0.126. The average molecular weight is 499 g/mol. The fourth-order valence-corrected chi connectivity index (χ4v) is 4.67. The second kappa shape index (κ2) is 9.90. The van der Waals surface area contributed by atoms with E-state index in [0.717, 1.165) is 40.2 Å². The van der Waals surface area contributed by atoms with E-state index >= 15 is 0 Å². The van der Waals surface area contributed by atoms with Crippen LogP contribution in [0, 0.1) is 6.92 Å². The van der Waals surface area contributed by atoms with Crippen LogP contribution < -0.4 is 16.6 Å². The largest absolute Gasteiger partial charge is 0.337 e. The number of rotatable bonds is 5. The number of anilines is 1. The fraction of sp³-hybridized carbons (Fsp3) is 0.259. The van der Waals surface area contributed by atoms with Gasteiger partial charge in [-0.15, -0.1) is 0 Å². The van der Waals surface area contributed by atoms with Crippen molar-refractivity contribution in [2.45, 2.75) is 33.2 Å². The number of aliphatic imine (C=N–C) groups is 1. The van der Waals surface area contributed by atoms with Gasteiger partial charge in [0.25, 0.3) is 5.91 Å². The molecule has 10 nitrogen and oxygen atoms in total. The number of hydrogen-bond acceptors (Lipinski definition) is 8. The van der Waals surface area contributed by atoms with Gasteiger partial charge in [-0.05, 0) is 57.0 Å².